The first-order chi connectivity index (χ1) is 7.96. The summed E-state index contributed by atoms with van der Waals surface area (Å²) in [6.45, 7) is 5.29. The van der Waals surface area contributed by atoms with Gasteiger partial charge in [-0.3, -0.25) is 4.79 Å². The van der Waals surface area contributed by atoms with Crippen molar-refractivity contribution in [2.45, 2.75) is 20.3 Å². The van der Waals surface area contributed by atoms with Crippen LogP contribution in [0.15, 0.2) is 24.3 Å². The number of benzene rings is 1. The smallest absolute Gasteiger partial charge is 0.252 e. The van der Waals surface area contributed by atoms with Crippen molar-refractivity contribution in [2.24, 2.45) is 16.9 Å². The molecule has 1 rings (SSSR count). The normalized spacial score (nSPS) is 11.2. The molecule has 0 spiro atoms. The molecule has 0 fully saturated rings. The standard InChI is InChI=1S/C13H20N2O2/c1-13(2,9-14)7-8-17-11-6-4-3-5-10(11)12(15)16/h3-6H,7-9,14H2,1-2H3,(H2,15,16). The van der Waals surface area contributed by atoms with E-state index >= 15 is 0 Å². The molecular formula is C13H20N2O2. The highest BCUT2D eigenvalue weighted by Gasteiger charge is 2.16. The molecule has 0 unspecified atom stereocenters. The molecule has 1 amide bonds. The molecule has 0 bridgehead atoms. The van der Waals surface area contributed by atoms with Crippen molar-refractivity contribution >= 4 is 5.91 Å². The van der Waals surface area contributed by atoms with E-state index in [2.05, 4.69) is 13.8 Å². The number of hydrogen-bond acceptors (Lipinski definition) is 3. The second kappa shape index (κ2) is 5.68. The van der Waals surface area contributed by atoms with Crippen LogP contribution in [0.3, 0.4) is 0 Å². The van der Waals surface area contributed by atoms with Crippen LogP contribution in [-0.2, 0) is 0 Å². The lowest BCUT2D eigenvalue weighted by Gasteiger charge is -2.22. The molecule has 4 nitrogen and oxygen atoms in total. The molecule has 0 aromatic heterocycles. The van der Waals surface area contributed by atoms with Gasteiger partial charge in [0.2, 0.25) is 0 Å². The summed E-state index contributed by atoms with van der Waals surface area (Å²) in [5, 5.41) is 0. The molecule has 0 aliphatic rings. The summed E-state index contributed by atoms with van der Waals surface area (Å²) in [7, 11) is 0. The van der Waals surface area contributed by atoms with Crippen LogP contribution in [0, 0.1) is 5.41 Å². The van der Waals surface area contributed by atoms with E-state index in [4.69, 9.17) is 16.2 Å². The van der Waals surface area contributed by atoms with Crippen LogP contribution in [0.25, 0.3) is 0 Å². The first-order valence-corrected chi connectivity index (χ1v) is 5.68. The average molecular weight is 236 g/mol. The number of amides is 1. The van der Waals surface area contributed by atoms with Gasteiger partial charge in [0.05, 0.1) is 12.2 Å². The van der Waals surface area contributed by atoms with Crippen molar-refractivity contribution in [1.82, 2.24) is 0 Å². The van der Waals surface area contributed by atoms with E-state index in [0.717, 1.165) is 6.42 Å². The SMILES string of the molecule is CC(C)(CN)CCOc1ccccc1C(N)=O. The minimum atomic E-state index is -0.473. The van der Waals surface area contributed by atoms with Crippen molar-refractivity contribution in [3.05, 3.63) is 29.8 Å². The maximum atomic E-state index is 11.2. The van der Waals surface area contributed by atoms with Crippen LogP contribution in [0.1, 0.15) is 30.6 Å². The number of primary amides is 1. The Morgan fingerprint density at radius 3 is 2.59 bits per heavy atom. The molecule has 0 saturated carbocycles. The first kappa shape index (κ1) is 13.5. The Labute approximate surface area is 102 Å². The van der Waals surface area contributed by atoms with Gasteiger partial charge in [0, 0.05) is 0 Å². The van der Waals surface area contributed by atoms with Gasteiger partial charge in [0.1, 0.15) is 5.75 Å². The quantitative estimate of drug-likeness (QED) is 0.786. The Kier molecular flexibility index (Phi) is 4.52. The fourth-order valence-electron chi connectivity index (χ4n) is 1.34. The molecule has 4 heteroatoms. The summed E-state index contributed by atoms with van der Waals surface area (Å²) < 4.78 is 5.58. The van der Waals surface area contributed by atoms with E-state index in [1.54, 1.807) is 18.2 Å². The van der Waals surface area contributed by atoms with E-state index in [0.29, 0.717) is 24.5 Å². The lowest BCUT2D eigenvalue weighted by Crippen LogP contribution is -2.25. The van der Waals surface area contributed by atoms with E-state index in [-0.39, 0.29) is 5.41 Å². The van der Waals surface area contributed by atoms with Crippen molar-refractivity contribution in [2.75, 3.05) is 13.2 Å². The van der Waals surface area contributed by atoms with Gasteiger partial charge in [0.15, 0.2) is 0 Å². The Balaban J connectivity index is 2.61. The fourth-order valence-corrected chi connectivity index (χ4v) is 1.34. The monoisotopic (exact) mass is 236 g/mol. The first-order valence-electron chi connectivity index (χ1n) is 5.68. The van der Waals surface area contributed by atoms with E-state index in [1.165, 1.54) is 0 Å². The topological polar surface area (TPSA) is 78.3 Å². The Bertz CT molecular complexity index is 389. The van der Waals surface area contributed by atoms with Crippen molar-refractivity contribution in [3.63, 3.8) is 0 Å². The third-order valence-electron chi connectivity index (χ3n) is 2.74. The summed E-state index contributed by atoms with van der Waals surface area (Å²) in [5.41, 5.74) is 11.4. The second-order valence-corrected chi connectivity index (χ2v) is 4.83. The summed E-state index contributed by atoms with van der Waals surface area (Å²) in [5.74, 6) is 0.0616. The highest BCUT2D eigenvalue weighted by Crippen LogP contribution is 2.21. The maximum Gasteiger partial charge on any atom is 0.252 e. The molecule has 0 aliphatic heterocycles. The molecule has 1 aromatic carbocycles. The second-order valence-electron chi connectivity index (χ2n) is 4.83. The van der Waals surface area contributed by atoms with E-state index in [1.807, 2.05) is 6.07 Å². The number of nitrogens with two attached hydrogens (primary N) is 2. The molecule has 0 atom stereocenters. The Hall–Kier alpha value is -1.55. The van der Waals surface area contributed by atoms with Gasteiger partial charge in [-0.05, 0) is 30.5 Å². The number of carbonyl (C=O) groups is 1. The third-order valence-corrected chi connectivity index (χ3v) is 2.74. The highest BCUT2D eigenvalue weighted by atomic mass is 16.5. The maximum absolute atomic E-state index is 11.2. The van der Waals surface area contributed by atoms with Crippen LogP contribution >= 0.6 is 0 Å². The minimum Gasteiger partial charge on any atom is -0.493 e. The van der Waals surface area contributed by atoms with Gasteiger partial charge >= 0.3 is 0 Å². The molecule has 0 aliphatic carbocycles. The third kappa shape index (κ3) is 4.07. The number of rotatable bonds is 6. The van der Waals surface area contributed by atoms with Crippen LogP contribution in [0.2, 0.25) is 0 Å². The lowest BCUT2D eigenvalue weighted by atomic mass is 9.90. The zero-order chi connectivity index (χ0) is 12.9. The molecule has 0 radical (unpaired) electrons. The van der Waals surface area contributed by atoms with Gasteiger partial charge in [-0.1, -0.05) is 26.0 Å². The van der Waals surface area contributed by atoms with Crippen LogP contribution in [0.4, 0.5) is 0 Å². The summed E-state index contributed by atoms with van der Waals surface area (Å²) >= 11 is 0. The van der Waals surface area contributed by atoms with E-state index < -0.39 is 5.91 Å². The lowest BCUT2D eigenvalue weighted by molar-refractivity contribution is 0.0995. The van der Waals surface area contributed by atoms with Crippen LogP contribution in [0.5, 0.6) is 5.75 Å². The number of hydrogen-bond donors (Lipinski definition) is 2. The predicted molar refractivity (Wildman–Crippen MR) is 67.9 cm³/mol. The fraction of sp³-hybridized carbons (Fsp3) is 0.462. The molecule has 0 saturated heterocycles. The molecule has 94 valence electrons. The summed E-state index contributed by atoms with van der Waals surface area (Å²) in [4.78, 5) is 11.2. The van der Waals surface area contributed by atoms with Crippen molar-refractivity contribution < 1.29 is 9.53 Å². The zero-order valence-electron chi connectivity index (χ0n) is 10.4. The molecule has 4 N–H and O–H groups in total. The Morgan fingerprint density at radius 1 is 1.35 bits per heavy atom. The van der Waals surface area contributed by atoms with Gasteiger partial charge in [-0.2, -0.15) is 0 Å². The average Bonchev–Trinajstić information content (AvgIpc) is 2.29. The summed E-state index contributed by atoms with van der Waals surface area (Å²) in [6.07, 6.45) is 0.830. The van der Waals surface area contributed by atoms with Crippen LogP contribution in [-0.4, -0.2) is 19.1 Å². The summed E-state index contributed by atoms with van der Waals surface area (Å²) in [6, 6.07) is 6.98. The van der Waals surface area contributed by atoms with Crippen LogP contribution < -0.4 is 16.2 Å². The predicted octanol–water partition coefficient (Wildman–Crippen LogP) is 1.54. The van der Waals surface area contributed by atoms with Crippen molar-refractivity contribution in [3.8, 4) is 5.75 Å². The van der Waals surface area contributed by atoms with Gasteiger partial charge < -0.3 is 16.2 Å². The number of ether oxygens (including phenoxy) is 1. The number of carbonyl (C=O) groups excluding carboxylic acids is 1. The minimum absolute atomic E-state index is 0.0433. The Morgan fingerprint density at radius 2 is 2.00 bits per heavy atom. The molecule has 1 aromatic rings. The zero-order valence-corrected chi connectivity index (χ0v) is 10.4. The van der Waals surface area contributed by atoms with E-state index in [9.17, 15) is 4.79 Å². The highest BCUT2D eigenvalue weighted by molar-refractivity contribution is 5.95. The van der Waals surface area contributed by atoms with Gasteiger partial charge in [-0.25, -0.2) is 0 Å². The number of para-hydroxylation sites is 1. The molecule has 0 heterocycles. The molecular weight excluding hydrogens is 216 g/mol. The largest absolute Gasteiger partial charge is 0.493 e. The van der Waals surface area contributed by atoms with Crippen molar-refractivity contribution in [1.29, 1.82) is 0 Å². The molecule has 17 heavy (non-hydrogen) atoms. The van der Waals surface area contributed by atoms with Gasteiger partial charge in [-0.15, -0.1) is 0 Å². The van der Waals surface area contributed by atoms with Gasteiger partial charge in [0.25, 0.3) is 5.91 Å².